The Labute approximate surface area is 99.7 Å². The average Bonchev–Trinajstić information content (AvgIpc) is 2.28. The van der Waals surface area contributed by atoms with E-state index < -0.39 is 0 Å². The molecule has 0 radical (unpaired) electrons. The number of aromatic nitrogens is 2. The molecule has 1 aromatic heterocycles. The highest BCUT2D eigenvalue weighted by molar-refractivity contribution is 5.59. The summed E-state index contributed by atoms with van der Waals surface area (Å²) >= 11 is 0. The van der Waals surface area contributed by atoms with Crippen molar-refractivity contribution in [1.82, 2.24) is 9.97 Å². The zero-order valence-corrected chi connectivity index (χ0v) is 9.77. The molecular formula is C12H14N4O. The zero-order valence-electron chi connectivity index (χ0n) is 9.77. The third-order valence-electron chi connectivity index (χ3n) is 2.22. The predicted octanol–water partition coefficient (Wildman–Crippen LogP) is 2.12. The quantitative estimate of drug-likeness (QED) is 0.844. The van der Waals surface area contributed by atoms with E-state index in [9.17, 15) is 0 Å². The zero-order chi connectivity index (χ0) is 12.3. The smallest absolute Gasteiger partial charge is 0.136 e. The molecule has 0 aliphatic rings. The predicted molar refractivity (Wildman–Crippen MR) is 67.5 cm³/mol. The molecule has 2 rings (SSSR count). The number of hydrogen-bond acceptors (Lipinski definition) is 5. The molecule has 1 heterocycles. The summed E-state index contributed by atoms with van der Waals surface area (Å²) in [6, 6.07) is 9.26. The molecule has 0 unspecified atom stereocenters. The van der Waals surface area contributed by atoms with E-state index in [-0.39, 0.29) is 0 Å². The Bertz CT molecular complexity index is 490. The maximum absolute atomic E-state index is 5.65. The van der Waals surface area contributed by atoms with Gasteiger partial charge in [-0.25, -0.2) is 9.97 Å². The summed E-state index contributed by atoms with van der Waals surface area (Å²) in [5.74, 6) is 2.59. The molecule has 1 aromatic carbocycles. The third kappa shape index (κ3) is 2.84. The van der Waals surface area contributed by atoms with Crippen molar-refractivity contribution in [3.05, 3.63) is 36.2 Å². The number of nitrogens with two attached hydrogens (primary N) is 1. The Kier molecular flexibility index (Phi) is 3.09. The summed E-state index contributed by atoms with van der Waals surface area (Å²) < 4.78 is 5.08. The van der Waals surface area contributed by atoms with Crippen LogP contribution in [0.15, 0.2) is 30.3 Å². The molecule has 0 saturated carbocycles. The highest BCUT2D eigenvalue weighted by Gasteiger charge is 2.00. The number of hydrogen-bond donors (Lipinski definition) is 2. The first-order chi connectivity index (χ1) is 8.17. The van der Waals surface area contributed by atoms with Crippen LogP contribution in [-0.2, 0) is 0 Å². The Balaban J connectivity index is 2.19. The summed E-state index contributed by atoms with van der Waals surface area (Å²) in [7, 11) is 1.64. The van der Waals surface area contributed by atoms with Gasteiger partial charge in [-0.3, -0.25) is 0 Å². The number of aryl methyl sites for hydroxylation is 1. The minimum atomic E-state index is 0.452. The standard InChI is InChI=1S/C12H14N4O/c1-8-14-11(13)7-12(15-8)16-9-3-5-10(17-2)6-4-9/h3-7H,1-2H3,(H3,13,14,15,16). The van der Waals surface area contributed by atoms with E-state index >= 15 is 0 Å². The Morgan fingerprint density at radius 2 is 1.88 bits per heavy atom. The minimum Gasteiger partial charge on any atom is -0.497 e. The molecule has 0 aliphatic heterocycles. The van der Waals surface area contributed by atoms with E-state index in [1.165, 1.54) is 0 Å². The van der Waals surface area contributed by atoms with E-state index in [1.54, 1.807) is 20.1 Å². The maximum Gasteiger partial charge on any atom is 0.136 e. The molecule has 2 aromatic rings. The number of nitrogen functional groups attached to an aromatic ring is 1. The topological polar surface area (TPSA) is 73.1 Å². The second-order valence-corrected chi connectivity index (χ2v) is 3.58. The van der Waals surface area contributed by atoms with Gasteiger partial charge in [0.15, 0.2) is 0 Å². The van der Waals surface area contributed by atoms with Gasteiger partial charge in [0.25, 0.3) is 0 Å². The van der Waals surface area contributed by atoms with E-state index in [2.05, 4.69) is 15.3 Å². The first-order valence-corrected chi connectivity index (χ1v) is 5.19. The molecular weight excluding hydrogens is 216 g/mol. The lowest BCUT2D eigenvalue weighted by atomic mass is 10.3. The van der Waals surface area contributed by atoms with Crippen LogP contribution in [0.3, 0.4) is 0 Å². The first-order valence-electron chi connectivity index (χ1n) is 5.19. The Morgan fingerprint density at radius 3 is 2.47 bits per heavy atom. The van der Waals surface area contributed by atoms with Gasteiger partial charge in [0.1, 0.15) is 23.2 Å². The molecule has 5 nitrogen and oxygen atoms in total. The van der Waals surface area contributed by atoms with Crippen molar-refractivity contribution in [2.45, 2.75) is 6.92 Å². The molecule has 5 heteroatoms. The normalized spacial score (nSPS) is 10.0. The van der Waals surface area contributed by atoms with Crippen molar-refractivity contribution in [2.75, 3.05) is 18.2 Å². The van der Waals surface area contributed by atoms with Crippen LogP contribution >= 0.6 is 0 Å². The van der Waals surface area contributed by atoms with Crippen molar-refractivity contribution in [3.63, 3.8) is 0 Å². The van der Waals surface area contributed by atoms with Gasteiger partial charge in [0, 0.05) is 11.8 Å². The lowest BCUT2D eigenvalue weighted by Crippen LogP contribution is -2.00. The van der Waals surface area contributed by atoms with Crippen LogP contribution in [0.4, 0.5) is 17.3 Å². The fourth-order valence-electron chi connectivity index (χ4n) is 1.48. The summed E-state index contributed by atoms with van der Waals surface area (Å²) in [6.07, 6.45) is 0. The second-order valence-electron chi connectivity index (χ2n) is 3.58. The van der Waals surface area contributed by atoms with Gasteiger partial charge in [-0.2, -0.15) is 0 Å². The molecule has 17 heavy (non-hydrogen) atoms. The van der Waals surface area contributed by atoms with Crippen LogP contribution in [0, 0.1) is 6.92 Å². The van der Waals surface area contributed by atoms with Crippen molar-refractivity contribution in [2.24, 2.45) is 0 Å². The first kappa shape index (κ1) is 11.2. The van der Waals surface area contributed by atoms with Crippen LogP contribution in [-0.4, -0.2) is 17.1 Å². The van der Waals surface area contributed by atoms with Gasteiger partial charge < -0.3 is 15.8 Å². The van der Waals surface area contributed by atoms with Crippen molar-refractivity contribution >= 4 is 17.3 Å². The van der Waals surface area contributed by atoms with Crippen molar-refractivity contribution in [1.29, 1.82) is 0 Å². The average molecular weight is 230 g/mol. The molecule has 0 amide bonds. The number of rotatable bonds is 3. The lowest BCUT2D eigenvalue weighted by Gasteiger charge is -2.07. The largest absolute Gasteiger partial charge is 0.497 e. The highest BCUT2D eigenvalue weighted by Crippen LogP contribution is 2.19. The summed E-state index contributed by atoms with van der Waals surface area (Å²) in [5.41, 5.74) is 6.57. The van der Waals surface area contributed by atoms with Crippen LogP contribution in [0.25, 0.3) is 0 Å². The highest BCUT2D eigenvalue weighted by atomic mass is 16.5. The van der Waals surface area contributed by atoms with Gasteiger partial charge in [0.05, 0.1) is 7.11 Å². The summed E-state index contributed by atoms with van der Waals surface area (Å²) in [6.45, 7) is 1.80. The molecule has 0 aliphatic carbocycles. The SMILES string of the molecule is COc1ccc(Nc2cc(N)nc(C)n2)cc1. The fraction of sp³-hybridized carbons (Fsp3) is 0.167. The number of nitrogens with zero attached hydrogens (tertiary/aromatic N) is 2. The van der Waals surface area contributed by atoms with E-state index in [4.69, 9.17) is 10.5 Å². The van der Waals surface area contributed by atoms with Crippen molar-refractivity contribution in [3.8, 4) is 5.75 Å². The fourth-order valence-corrected chi connectivity index (χ4v) is 1.48. The lowest BCUT2D eigenvalue weighted by molar-refractivity contribution is 0.415. The summed E-state index contributed by atoms with van der Waals surface area (Å²) in [4.78, 5) is 8.25. The third-order valence-corrected chi connectivity index (χ3v) is 2.22. The van der Waals surface area contributed by atoms with Crippen molar-refractivity contribution < 1.29 is 4.74 Å². The van der Waals surface area contributed by atoms with Crippen LogP contribution in [0.1, 0.15) is 5.82 Å². The van der Waals surface area contributed by atoms with Gasteiger partial charge in [-0.15, -0.1) is 0 Å². The Hall–Kier alpha value is -2.30. The van der Waals surface area contributed by atoms with Gasteiger partial charge >= 0.3 is 0 Å². The number of methoxy groups -OCH3 is 1. The number of benzene rings is 1. The second kappa shape index (κ2) is 4.69. The van der Waals surface area contributed by atoms with E-state index in [0.717, 1.165) is 11.4 Å². The van der Waals surface area contributed by atoms with Gasteiger partial charge in [-0.1, -0.05) is 0 Å². The number of ether oxygens (including phenoxy) is 1. The number of anilines is 3. The molecule has 0 atom stereocenters. The van der Waals surface area contributed by atoms with E-state index in [0.29, 0.717) is 17.5 Å². The van der Waals surface area contributed by atoms with Gasteiger partial charge in [-0.05, 0) is 31.2 Å². The van der Waals surface area contributed by atoms with Crippen LogP contribution in [0.2, 0.25) is 0 Å². The molecule has 0 bridgehead atoms. The van der Waals surface area contributed by atoms with Crippen LogP contribution < -0.4 is 15.8 Å². The monoisotopic (exact) mass is 230 g/mol. The molecule has 0 spiro atoms. The Morgan fingerprint density at radius 1 is 1.18 bits per heavy atom. The minimum absolute atomic E-state index is 0.452. The maximum atomic E-state index is 5.65. The summed E-state index contributed by atoms with van der Waals surface area (Å²) in [5, 5.41) is 3.15. The molecule has 3 N–H and O–H groups in total. The van der Waals surface area contributed by atoms with Crippen LogP contribution in [0.5, 0.6) is 5.75 Å². The number of nitrogens with one attached hydrogen (secondary N) is 1. The molecule has 0 fully saturated rings. The molecule has 88 valence electrons. The van der Waals surface area contributed by atoms with Gasteiger partial charge in [0.2, 0.25) is 0 Å². The van der Waals surface area contributed by atoms with E-state index in [1.807, 2.05) is 24.3 Å². The molecule has 0 saturated heterocycles.